The Labute approximate surface area is 426 Å². The van der Waals surface area contributed by atoms with Gasteiger partial charge in [-0.15, -0.1) is 0 Å². The molecule has 3 unspecified atom stereocenters. The standard InChI is InChI=1S/C63H123NO4/c1-3-5-7-9-11-13-15-17-19-21-22-23-24-25-26-27-28-29-30-31-32-33-34-35-36-37-38-39-40-41-42-44-46-48-50-52-54-56-58-62(67)63(68)64-60(59-65)61(66)57-55-53-51-49-47-45-43-20-18-16-14-12-10-8-6-4-2/h47,49,55,57,60-62,65-67H,3-46,48,50-54,56,58-59H2,1-2H3,(H,64,68)/b49-47+,57-55+. The molecule has 0 bridgehead atoms. The minimum absolute atomic E-state index is 0.373. The maximum absolute atomic E-state index is 12.5. The van der Waals surface area contributed by atoms with Crippen molar-refractivity contribution in [3.05, 3.63) is 24.3 Å². The van der Waals surface area contributed by atoms with Gasteiger partial charge in [0.25, 0.3) is 0 Å². The van der Waals surface area contributed by atoms with E-state index in [0.717, 1.165) is 38.5 Å². The van der Waals surface area contributed by atoms with Crippen molar-refractivity contribution in [1.29, 1.82) is 0 Å². The van der Waals surface area contributed by atoms with Gasteiger partial charge in [0.15, 0.2) is 0 Å². The summed E-state index contributed by atoms with van der Waals surface area (Å²) in [6, 6.07) is -0.812. The maximum atomic E-state index is 12.5. The highest BCUT2D eigenvalue weighted by atomic mass is 16.3. The summed E-state index contributed by atoms with van der Waals surface area (Å²) in [5.74, 6) is -0.507. The molecule has 0 aromatic carbocycles. The minimum Gasteiger partial charge on any atom is -0.394 e. The van der Waals surface area contributed by atoms with Crippen molar-refractivity contribution in [3.8, 4) is 0 Å². The van der Waals surface area contributed by atoms with E-state index in [2.05, 4.69) is 31.3 Å². The molecule has 0 heterocycles. The average molecular weight is 959 g/mol. The molecule has 5 heteroatoms. The lowest BCUT2D eigenvalue weighted by Gasteiger charge is -2.21. The zero-order chi connectivity index (χ0) is 49.3. The Morgan fingerprint density at radius 2 is 0.603 bits per heavy atom. The molecule has 0 aliphatic rings. The molecular weight excluding hydrogens is 835 g/mol. The Bertz CT molecular complexity index is 1010. The highest BCUT2D eigenvalue weighted by Gasteiger charge is 2.22. The summed E-state index contributed by atoms with van der Waals surface area (Å²) in [7, 11) is 0. The van der Waals surface area contributed by atoms with E-state index in [9.17, 15) is 20.1 Å². The largest absolute Gasteiger partial charge is 0.394 e. The van der Waals surface area contributed by atoms with E-state index < -0.39 is 24.2 Å². The van der Waals surface area contributed by atoms with Gasteiger partial charge in [-0.1, -0.05) is 340 Å². The van der Waals surface area contributed by atoms with Gasteiger partial charge in [0.05, 0.1) is 18.8 Å². The van der Waals surface area contributed by atoms with Crippen LogP contribution >= 0.6 is 0 Å². The van der Waals surface area contributed by atoms with Gasteiger partial charge in [0.1, 0.15) is 6.10 Å². The van der Waals surface area contributed by atoms with Gasteiger partial charge in [-0.3, -0.25) is 4.79 Å². The van der Waals surface area contributed by atoms with Gasteiger partial charge in [-0.25, -0.2) is 0 Å². The third-order valence-electron chi connectivity index (χ3n) is 14.8. The molecule has 68 heavy (non-hydrogen) atoms. The van der Waals surface area contributed by atoms with Crippen LogP contribution in [0.15, 0.2) is 24.3 Å². The number of hydrogen-bond donors (Lipinski definition) is 4. The zero-order valence-electron chi connectivity index (χ0n) is 46.3. The fourth-order valence-electron chi connectivity index (χ4n) is 9.97. The monoisotopic (exact) mass is 958 g/mol. The normalized spacial score (nSPS) is 13.3. The Balaban J connectivity index is 3.44. The summed E-state index contributed by atoms with van der Waals surface area (Å²) in [6.45, 7) is 4.20. The zero-order valence-corrected chi connectivity index (χ0v) is 46.3. The maximum Gasteiger partial charge on any atom is 0.249 e. The number of allylic oxidation sites excluding steroid dienone is 3. The predicted octanol–water partition coefficient (Wildman–Crippen LogP) is 19.6. The summed E-state index contributed by atoms with van der Waals surface area (Å²) in [5.41, 5.74) is 0. The van der Waals surface area contributed by atoms with Crippen LogP contribution in [0.25, 0.3) is 0 Å². The van der Waals surface area contributed by atoms with Crippen LogP contribution in [0, 0.1) is 0 Å². The summed E-state index contributed by atoms with van der Waals surface area (Å²) >= 11 is 0. The van der Waals surface area contributed by atoms with Crippen molar-refractivity contribution < 1.29 is 20.1 Å². The molecule has 0 saturated heterocycles. The molecule has 4 N–H and O–H groups in total. The van der Waals surface area contributed by atoms with Crippen LogP contribution in [0.3, 0.4) is 0 Å². The van der Waals surface area contributed by atoms with E-state index in [0.29, 0.717) is 6.42 Å². The average Bonchev–Trinajstić information content (AvgIpc) is 3.34. The lowest BCUT2D eigenvalue weighted by molar-refractivity contribution is -0.131. The van der Waals surface area contributed by atoms with Crippen molar-refractivity contribution in [2.45, 2.75) is 366 Å². The molecule has 0 spiro atoms. The van der Waals surface area contributed by atoms with E-state index in [1.807, 2.05) is 6.08 Å². The SMILES string of the molecule is CCCCCCCCCCCC/C=C/CC/C=C/C(O)C(CO)NC(=O)C(O)CCCCCCCCCCCCCCCCCCCCCCCCCCCCCCCCCCCCCCCC. The van der Waals surface area contributed by atoms with E-state index in [-0.39, 0.29) is 6.61 Å². The van der Waals surface area contributed by atoms with E-state index in [1.54, 1.807) is 6.08 Å². The number of amides is 1. The lowest BCUT2D eigenvalue weighted by Crippen LogP contribution is -2.48. The summed E-state index contributed by atoms with van der Waals surface area (Å²) in [6.07, 6.45) is 75.9. The third-order valence-corrected chi connectivity index (χ3v) is 14.8. The van der Waals surface area contributed by atoms with Gasteiger partial charge in [-0.2, -0.15) is 0 Å². The second-order valence-electron chi connectivity index (χ2n) is 21.6. The summed E-state index contributed by atoms with van der Waals surface area (Å²) in [4.78, 5) is 12.5. The third kappa shape index (κ3) is 52.6. The fourth-order valence-corrected chi connectivity index (χ4v) is 9.97. The molecule has 5 nitrogen and oxygen atoms in total. The predicted molar refractivity (Wildman–Crippen MR) is 301 cm³/mol. The van der Waals surface area contributed by atoms with E-state index >= 15 is 0 Å². The smallest absolute Gasteiger partial charge is 0.249 e. The lowest BCUT2D eigenvalue weighted by atomic mass is 10.0. The van der Waals surface area contributed by atoms with Crippen LogP contribution in [0.4, 0.5) is 0 Å². The number of unbranched alkanes of at least 4 members (excludes halogenated alkanes) is 48. The van der Waals surface area contributed by atoms with Crippen LogP contribution < -0.4 is 5.32 Å². The summed E-state index contributed by atoms with van der Waals surface area (Å²) in [5, 5.41) is 33.3. The van der Waals surface area contributed by atoms with Gasteiger partial charge in [0, 0.05) is 0 Å². The quantitative estimate of drug-likeness (QED) is 0.0361. The highest BCUT2D eigenvalue weighted by Crippen LogP contribution is 2.19. The number of nitrogens with one attached hydrogen (secondary N) is 1. The molecule has 0 aromatic rings. The number of aliphatic hydroxyl groups excluding tert-OH is 3. The molecule has 1 amide bonds. The van der Waals surface area contributed by atoms with Crippen LogP contribution in [0.2, 0.25) is 0 Å². The van der Waals surface area contributed by atoms with Gasteiger partial charge in [-0.05, 0) is 32.1 Å². The first-order chi connectivity index (χ1) is 33.6. The molecule has 0 saturated carbocycles. The second-order valence-corrected chi connectivity index (χ2v) is 21.6. The Morgan fingerprint density at radius 3 is 0.897 bits per heavy atom. The van der Waals surface area contributed by atoms with Crippen molar-refractivity contribution in [3.63, 3.8) is 0 Å². The number of hydrogen-bond acceptors (Lipinski definition) is 4. The molecular formula is C63H123NO4. The van der Waals surface area contributed by atoms with Crippen LogP contribution in [0.5, 0.6) is 0 Å². The van der Waals surface area contributed by atoms with Crippen molar-refractivity contribution in [1.82, 2.24) is 5.32 Å². The molecule has 404 valence electrons. The molecule has 0 aliphatic heterocycles. The minimum atomic E-state index is -1.10. The number of aliphatic hydroxyl groups is 3. The number of carbonyl (C=O) groups is 1. The second kappa shape index (κ2) is 58.4. The molecule has 0 aliphatic carbocycles. The van der Waals surface area contributed by atoms with Gasteiger partial charge in [0.2, 0.25) is 5.91 Å². The Morgan fingerprint density at radius 1 is 0.353 bits per heavy atom. The summed E-state index contributed by atoms with van der Waals surface area (Å²) < 4.78 is 0. The molecule has 0 radical (unpaired) electrons. The number of carbonyl (C=O) groups excluding carboxylic acids is 1. The van der Waals surface area contributed by atoms with Crippen LogP contribution in [-0.2, 0) is 4.79 Å². The van der Waals surface area contributed by atoms with E-state index in [1.165, 1.54) is 289 Å². The first-order valence-corrected chi connectivity index (χ1v) is 31.2. The topological polar surface area (TPSA) is 89.8 Å². The first kappa shape index (κ1) is 66.8. The number of rotatable bonds is 58. The van der Waals surface area contributed by atoms with Crippen LogP contribution in [0.1, 0.15) is 348 Å². The van der Waals surface area contributed by atoms with Gasteiger partial charge >= 0.3 is 0 Å². The van der Waals surface area contributed by atoms with E-state index in [4.69, 9.17) is 0 Å². The molecule has 0 aromatic heterocycles. The molecule has 0 fully saturated rings. The highest BCUT2D eigenvalue weighted by molar-refractivity contribution is 5.80. The Kier molecular flexibility index (Phi) is 57.4. The van der Waals surface area contributed by atoms with Crippen LogP contribution in [-0.4, -0.2) is 46.1 Å². The van der Waals surface area contributed by atoms with Crippen molar-refractivity contribution >= 4 is 5.91 Å². The molecule has 0 rings (SSSR count). The van der Waals surface area contributed by atoms with Gasteiger partial charge < -0.3 is 20.6 Å². The fraction of sp³-hybridized carbons (Fsp3) is 0.921. The molecule has 3 atom stereocenters. The van der Waals surface area contributed by atoms with Crippen molar-refractivity contribution in [2.75, 3.05) is 6.61 Å². The Hall–Kier alpha value is -1.17. The first-order valence-electron chi connectivity index (χ1n) is 31.2. The van der Waals surface area contributed by atoms with Crippen molar-refractivity contribution in [2.24, 2.45) is 0 Å².